The minimum atomic E-state index is -0.199. The van der Waals surface area contributed by atoms with Crippen LogP contribution >= 0.6 is 0 Å². The van der Waals surface area contributed by atoms with Crippen LogP contribution in [0, 0.1) is 11.8 Å². The molecule has 0 aliphatic carbocycles. The van der Waals surface area contributed by atoms with Gasteiger partial charge in [-0.3, -0.25) is 4.79 Å². The van der Waals surface area contributed by atoms with Gasteiger partial charge in [-0.1, -0.05) is 121 Å². The van der Waals surface area contributed by atoms with Gasteiger partial charge < -0.3 is 10.6 Å². The van der Waals surface area contributed by atoms with Gasteiger partial charge in [0, 0.05) is 24.2 Å². The Morgan fingerprint density at radius 1 is 0.382 bits per heavy atom. The predicted octanol–water partition coefficient (Wildman–Crippen LogP) is 5.96. The van der Waals surface area contributed by atoms with Crippen molar-refractivity contribution in [3.8, 4) is 0 Å². The lowest BCUT2D eigenvalue weighted by Crippen LogP contribution is -2.60. The van der Waals surface area contributed by atoms with Crippen LogP contribution in [0.3, 0.4) is 0 Å². The molecule has 0 unspecified atom stereocenters. The summed E-state index contributed by atoms with van der Waals surface area (Å²) >= 11 is 0. The van der Waals surface area contributed by atoms with E-state index in [9.17, 15) is 4.79 Å². The topological polar surface area (TPSA) is 41.1 Å². The number of Topliss-reactive ketones (excluding diaryl/α,β-unsaturated/α-hetero) is 1. The number of hydrogen-bond donors (Lipinski definition) is 2. The summed E-state index contributed by atoms with van der Waals surface area (Å²) in [7, 11) is 0. The number of rotatable bonds is 4. The molecule has 2 fully saturated rings. The van der Waals surface area contributed by atoms with Crippen LogP contribution in [0.15, 0.2) is 121 Å². The highest BCUT2D eigenvalue weighted by molar-refractivity contribution is 5.89. The van der Waals surface area contributed by atoms with E-state index in [1.807, 2.05) is 24.3 Å². The molecule has 4 atom stereocenters. The normalized spacial score (nSPS) is 28.4. The summed E-state index contributed by atoms with van der Waals surface area (Å²) in [5.74, 6) is -0.0626. The van der Waals surface area contributed by atoms with E-state index in [1.54, 1.807) is 0 Å². The quantitative estimate of drug-likeness (QED) is 0.408. The minimum absolute atomic E-state index is 0.0791. The average Bonchev–Trinajstić information content (AvgIpc) is 2.91. The molecule has 4 aromatic rings. The second kappa shape index (κ2) is 9.02. The molecule has 2 saturated heterocycles. The zero-order valence-corrected chi connectivity index (χ0v) is 18.9. The molecule has 0 spiro atoms. The van der Waals surface area contributed by atoms with E-state index in [-0.39, 0.29) is 36.0 Å². The summed E-state index contributed by atoms with van der Waals surface area (Å²) in [4.78, 5) is 14.5. The molecule has 2 heterocycles. The molecular formula is C31H28N2O. The fraction of sp³-hybridized carbons (Fsp3) is 0.194. The van der Waals surface area contributed by atoms with Crippen LogP contribution in [0.2, 0.25) is 0 Å². The lowest BCUT2D eigenvalue weighted by atomic mass is 9.64. The highest BCUT2D eigenvalue weighted by Crippen LogP contribution is 2.51. The summed E-state index contributed by atoms with van der Waals surface area (Å²) in [5, 5.41) is 7.91. The van der Waals surface area contributed by atoms with Crippen molar-refractivity contribution in [1.29, 1.82) is 0 Å². The molecule has 0 aromatic heterocycles. The summed E-state index contributed by atoms with van der Waals surface area (Å²) in [5.41, 5.74) is 4.62. The van der Waals surface area contributed by atoms with Gasteiger partial charge in [-0.15, -0.1) is 0 Å². The van der Waals surface area contributed by atoms with Crippen LogP contribution in [0.1, 0.15) is 46.4 Å². The fourth-order valence-electron chi connectivity index (χ4n) is 5.92. The van der Waals surface area contributed by atoms with Gasteiger partial charge in [0.05, 0.1) is 11.8 Å². The average molecular weight is 445 g/mol. The lowest BCUT2D eigenvalue weighted by Gasteiger charge is -2.52. The zero-order chi connectivity index (χ0) is 22.9. The van der Waals surface area contributed by atoms with E-state index >= 15 is 0 Å². The Hall–Kier alpha value is -3.53. The van der Waals surface area contributed by atoms with Crippen LogP contribution in [-0.4, -0.2) is 5.78 Å². The third-order valence-corrected chi connectivity index (χ3v) is 7.45. The molecule has 168 valence electrons. The summed E-state index contributed by atoms with van der Waals surface area (Å²) in [6.07, 6.45) is 0. The maximum Gasteiger partial charge on any atom is 0.146 e. The fourth-order valence-corrected chi connectivity index (χ4v) is 5.92. The molecule has 2 aliphatic heterocycles. The Morgan fingerprint density at radius 3 is 0.853 bits per heavy atom. The number of hydrogen-bond acceptors (Lipinski definition) is 3. The first-order chi connectivity index (χ1) is 16.8. The number of piperidine rings is 2. The van der Waals surface area contributed by atoms with Crippen molar-refractivity contribution in [2.45, 2.75) is 24.2 Å². The van der Waals surface area contributed by atoms with Crippen LogP contribution in [-0.2, 0) is 4.79 Å². The molecule has 3 heteroatoms. The van der Waals surface area contributed by atoms with Crippen molar-refractivity contribution in [3.63, 3.8) is 0 Å². The zero-order valence-electron chi connectivity index (χ0n) is 18.9. The molecule has 0 amide bonds. The number of carbonyl (C=O) groups excluding carboxylic acids is 1. The molecule has 4 aromatic carbocycles. The van der Waals surface area contributed by atoms with Crippen LogP contribution in [0.5, 0.6) is 0 Å². The lowest BCUT2D eigenvalue weighted by molar-refractivity contribution is -0.139. The minimum Gasteiger partial charge on any atom is -0.302 e. The van der Waals surface area contributed by atoms with Gasteiger partial charge in [-0.25, -0.2) is 0 Å². The smallest absolute Gasteiger partial charge is 0.146 e. The molecule has 34 heavy (non-hydrogen) atoms. The van der Waals surface area contributed by atoms with Gasteiger partial charge in [0.1, 0.15) is 5.78 Å². The monoisotopic (exact) mass is 444 g/mol. The van der Waals surface area contributed by atoms with Gasteiger partial charge in [0.2, 0.25) is 0 Å². The van der Waals surface area contributed by atoms with Gasteiger partial charge in [-0.2, -0.15) is 0 Å². The summed E-state index contributed by atoms with van der Waals surface area (Å²) in [6.45, 7) is 0. The second-order valence-electron chi connectivity index (χ2n) is 9.34. The van der Waals surface area contributed by atoms with E-state index in [0.29, 0.717) is 5.78 Å². The van der Waals surface area contributed by atoms with E-state index in [0.717, 1.165) is 22.3 Å². The first-order valence-corrected chi connectivity index (χ1v) is 12.1. The van der Waals surface area contributed by atoms with Crippen molar-refractivity contribution in [2.24, 2.45) is 11.8 Å². The van der Waals surface area contributed by atoms with Gasteiger partial charge >= 0.3 is 0 Å². The number of fused-ring (bicyclic) bond motifs is 2. The molecule has 6 rings (SSSR count). The van der Waals surface area contributed by atoms with E-state index < -0.39 is 0 Å². The number of ketones is 1. The number of benzene rings is 4. The van der Waals surface area contributed by atoms with Crippen molar-refractivity contribution < 1.29 is 4.79 Å². The number of carbonyl (C=O) groups is 1. The van der Waals surface area contributed by atoms with Gasteiger partial charge in [0.15, 0.2) is 0 Å². The van der Waals surface area contributed by atoms with Crippen LogP contribution in [0.25, 0.3) is 0 Å². The molecule has 0 radical (unpaired) electrons. The molecule has 2 aliphatic rings. The van der Waals surface area contributed by atoms with E-state index in [4.69, 9.17) is 0 Å². The molecule has 0 saturated carbocycles. The summed E-state index contributed by atoms with van der Waals surface area (Å²) in [6, 6.07) is 41.4. The van der Waals surface area contributed by atoms with Crippen molar-refractivity contribution in [2.75, 3.05) is 0 Å². The number of nitrogens with one attached hydrogen (secondary N) is 2. The van der Waals surface area contributed by atoms with Crippen LogP contribution in [0.4, 0.5) is 0 Å². The Bertz CT molecular complexity index is 1050. The Kier molecular flexibility index (Phi) is 5.58. The van der Waals surface area contributed by atoms with Crippen molar-refractivity contribution >= 4 is 5.78 Å². The van der Waals surface area contributed by atoms with E-state index in [1.165, 1.54) is 0 Å². The molecular weight excluding hydrogens is 416 g/mol. The summed E-state index contributed by atoms with van der Waals surface area (Å²) < 4.78 is 0. The van der Waals surface area contributed by atoms with Crippen molar-refractivity contribution in [1.82, 2.24) is 10.6 Å². The second-order valence-corrected chi connectivity index (χ2v) is 9.34. The highest BCUT2D eigenvalue weighted by Gasteiger charge is 2.55. The largest absolute Gasteiger partial charge is 0.302 e. The van der Waals surface area contributed by atoms with Crippen LogP contribution < -0.4 is 10.6 Å². The SMILES string of the molecule is O=C1C2[C@@H](c3ccccc3)N[C@H](c3ccccc3)C1[C@@H](c1ccccc1)N[C@@H]2c1ccccc1. The van der Waals surface area contributed by atoms with Gasteiger partial charge in [-0.05, 0) is 22.3 Å². The maximum atomic E-state index is 14.5. The van der Waals surface area contributed by atoms with Gasteiger partial charge in [0.25, 0.3) is 0 Å². The highest BCUT2D eigenvalue weighted by atomic mass is 16.1. The Morgan fingerprint density at radius 2 is 0.618 bits per heavy atom. The first kappa shape index (κ1) is 21.0. The third kappa shape index (κ3) is 3.67. The van der Waals surface area contributed by atoms with Crippen molar-refractivity contribution in [3.05, 3.63) is 144 Å². The predicted molar refractivity (Wildman–Crippen MR) is 135 cm³/mol. The maximum absolute atomic E-state index is 14.5. The molecule has 3 nitrogen and oxygen atoms in total. The molecule has 2 N–H and O–H groups in total. The standard InChI is InChI=1S/C31H28N2O/c34-31-25-27(21-13-5-1-6-14-21)32-29(23-17-9-3-10-18-23)26(31)30(24-19-11-4-12-20-24)33-28(25)22-15-7-2-8-16-22/h1-20,25-30,32-33H/t25?,26?,27-,28-,29-,30-/m1/s1. The Labute approximate surface area is 200 Å². The first-order valence-electron chi connectivity index (χ1n) is 12.1. The van der Waals surface area contributed by atoms with E-state index in [2.05, 4.69) is 108 Å². The Balaban J connectivity index is 1.52. The molecule has 2 bridgehead atoms. The third-order valence-electron chi connectivity index (χ3n) is 7.45.